The molecule has 2 rings (SSSR count). The molecule has 1 atom stereocenters. The minimum Gasteiger partial charge on any atom is -0.387 e. The lowest BCUT2D eigenvalue weighted by Crippen LogP contribution is -2.29. The van der Waals surface area contributed by atoms with Crippen LogP contribution in [-0.4, -0.2) is 27.5 Å². The Morgan fingerprint density at radius 2 is 2.18 bits per heavy atom. The summed E-state index contributed by atoms with van der Waals surface area (Å²) in [6.45, 7) is 1.93. The molecule has 1 unspecified atom stereocenters. The Morgan fingerprint density at radius 3 is 2.86 bits per heavy atom. The first-order valence-corrected chi connectivity index (χ1v) is 7.48. The van der Waals surface area contributed by atoms with Gasteiger partial charge in [0.15, 0.2) is 0 Å². The Kier molecular flexibility index (Phi) is 5.71. The molecule has 2 N–H and O–H groups in total. The van der Waals surface area contributed by atoms with Gasteiger partial charge < -0.3 is 10.4 Å². The van der Waals surface area contributed by atoms with Crippen molar-refractivity contribution < 1.29 is 9.90 Å². The fourth-order valence-corrected chi connectivity index (χ4v) is 2.53. The average molecular weight is 340 g/mol. The second-order valence-electron chi connectivity index (χ2n) is 4.63. The Labute approximate surface area is 138 Å². The van der Waals surface area contributed by atoms with Gasteiger partial charge in [-0.3, -0.25) is 4.79 Å². The van der Waals surface area contributed by atoms with Crippen LogP contribution in [0.1, 0.15) is 34.6 Å². The third-order valence-electron chi connectivity index (χ3n) is 3.15. The number of aliphatic hydroxyl groups excluding tert-OH is 1. The van der Waals surface area contributed by atoms with Crippen molar-refractivity contribution in [3.05, 3.63) is 57.6 Å². The van der Waals surface area contributed by atoms with E-state index in [1.165, 1.54) is 12.5 Å². The van der Waals surface area contributed by atoms with E-state index in [1.807, 2.05) is 6.92 Å². The highest BCUT2D eigenvalue weighted by molar-refractivity contribution is 6.35. The maximum absolute atomic E-state index is 12.1. The van der Waals surface area contributed by atoms with Gasteiger partial charge >= 0.3 is 0 Å². The molecule has 5 nitrogen and oxygen atoms in total. The van der Waals surface area contributed by atoms with Crippen LogP contribution < -0.4 is 5.32 Å². The summed E-state index contributed by atoms with van der Waals surface area (Å²) in [5.41, 5.74) is 1.57. The predicted molar refractivity (Wildman–Crippen MR) is 85.2 cm³/mol. The smallest absolute Gasteiger partial charge is 0.254 e. The van der Waals surface area contributed by atoms with Gasteiger partial charge in [-0.2, -0.15) is 0 Å². The Morgan fingerprint density at radius 1 is 1.41 bits per heavy atom. The third kappa shape index (κ3) is 3.94. The monoisotopic (exact) mass is 339 g/mol. The summed E-state index contributed by atoms with van der Waals surface area (Å²) >= 11 is 11.8. The molecule has 0 saturated heterocycles. The summed E-state index contributed by atoms with van der Waals surface area (Å²) in [7, 11) is 0. The lowest BCUT2D eigenvalue weighted by Gasteiger charge is -2.14. The fraction of sp³-hybridized carbons (Fsp3) is 0.267. The van der Waals surface area contributed by atoms with Gasteiger partial charge in [-0.05, 0) is 18.6 Å². The number of aliphatic hydroxyl groups is 1. The molecule has 0 fully saturated rings. The summed E-state index contributed by atoms with van der Waals surface area (Å²) in [4.78, 5) is 20.1. The Balaban J connectivity index is 2.04. The van der Waals surface area contributed by atoms with Crippen LogP contribution in [0, 0.1) is 0 Å². The molecular formula is C15H15Cl2N3O2. The quantitative estimate of drug-likeness (QED) is 0.878. The normalized spacial score (nSPS) is 12.0. The minimum atomic E-state index is -0.927. The van der Waals surface area contributed by atoms with Crippen LogP contribution in [0.3, 0.4) is 0 Å². The molecule has 1 amide bonds. The summed E-state index contributed by atoms with van der Waals surface area (Å²) < 4.78 is 0. The number of aryl methyl sites for hydroxylation is 1. The fourth-order valence-electron chi connectivity index (χ4n) is 1.99. The summed E-state index contributed by atoms with van der Waals surface area (Å²) in [6.07, 6.45) is 2.56. The van der Waals surface area contributed by atoms with Crippen LogP contribution in [-0.2, 0) is 6.42 Å². The van der Waals surface area contributed by atoms with E-state index in [4.69, 9.17) is 23.2 Å². The minimum absolute atomic E-state index is 0.0260. The molecule has 0 aliphatic rings. The molecule has 7 heteroatoms. The number of carbonyl (C=O) groups excluding carboxylic acids is 1. The van der Waals surface area contributed by atoms with Gasteiger partial charge in [0.2, 0.25) is 0 Å². The number of rotatable bonds is 5. The number of hydrogen-bond acceptors (Lipinski definition) is 4. The van der Waals surface area contributed by atoms with Gasteiger partial charge in [-0.1, -0.05) is 36.2 Å². The van der Waals surface area contributed by atoms with Gasteiger partial charge in [0.05, 0.1) is 17.4 Å². The highest BCUT2D eigenvalue weighted by Gasteiger charge is 2.16. The number of benzene rings is 1. The maximum Gasteiger partial charge on any atom is 0.254 e. The number of amides is 1. The van der Waals surface area contributed by atoms with E-state index in [0.717, 1.165) is 0 Å². The van der Waals surface area contributed by atoms with Gasteiger partial charge in [0.25, 0.3) is 5.91 Å². The zero-order valence-corrected chi connectivity index (χ0v) is 13.4. The van der Waals surface area contributed by atoms with Gasteiger partial charge in [0, 0.05) is 28.4 Å². The van der Waals surface area contributed by atoms with Crippen LogP contribution in [0.4, 0.5) is 0 Å². The molecular weight excluding hydrogens is 325 g/mol. The predicted octanol–water partition coefficient (Wildman–Crippen LogP) is 2.81. The van der Waals surface area contributed by atoms with E-state index in [1.54, 1.807) is 18.2 Å². The summed E-state index contributed by atoms with van der Waals surface area (Å²) in [5, 5.41) is 13.6. The van der Waals surface area contributed by atoms with Crippen molar-refractivity contribution in [1.29, 1.82) is 0 Å². The maximum atomic E-state index is 12.1. The first-order valence-electron chi connectivity index (χ1n) is 6.73. The largest absolute Gasteiger partial charge is 0.387 e. The number of halogens is 2. The molecule has 0 aliphatic carbocycles. The van der Waals surface area contributed by atoms with Crippen molar-refractivity contribution in [3.63, 3.8) is 0 Å². The van der Waals surface area contributed by atoms with Crippen LogP contribution in [0.5, 0.6) is 0 Å². The zero-order valence-electron chi connectivity index (χ0n) is 11.9. The highest BCUT2D eigenvalue weighted by atomic mass is 35.5. The van der Waals surface area contributed by atoms with E-state index < -0.39 is 6.10 Å². The van der Waals surface area contributed by atoms with Crippen molar-refractivity contribution in [1.82, 2.24) is 15.3 Å². The molecule has 0 radical (unpaired) electrons. The van der Waals surface area contributed by atoms with Crippen molar-refractivity contribution in [2.45, 2.75) is 19.4 Å². The third-order valence-corrected chi connectivity index (χ3v) is 3.71. The molecule has 1 aromatic carbocycles. The molecule has 0 spiro atoms. The molecule has 22 heavy (non-hydrogen) atoms. The molecule has 2 aromatic rings. The second kappa shape index (κ2) is 7.54. The zero-order chi connectivity index (χ0) is 16.1. The van der Waals surface area contributed by atoms with E-state index in [2.05, 4.69) is 15.3 Å². The molecule has 116 valence electrons. The molecule has 0 saturated carbocycles. The van der Waals surface area contributed by atoms with Crippen molar-refractivity contribution in [2.24, 2.45) is 0 Å². The first kappa shape index (κ1) is 16.7. The van der Waals surface area contributed by atoms with Crippen LogP contribution >= 0.6 is 23.2 Å². The van der Waals surface area contributed by atoms with Gasteiger partial charge in [0.1, 0.15) is 6.33 Å². The van der Waals surface area contributed by atoms with E-state index in [9.17, 15) is 9.90 Å². The molecule has 0 bridgehead atoms. The van der Waals surface area contributed by atoms with Crippen molar-refractivity contribution >= 4 is 29.1 Å². The van der Waals surface area contributed by atoms with Gasteiger partial charge in [-0.15, -0.1) is 0 Å². The Bertz CT molecular complexity index is 680. The van der Waals surface area contributed by atoms with Crippen LogP contribution in [0.2, 0.25) is 10.0 Å². The number of aromatic nitrogens is 2. The average Bonchev–Trinajstić information content (AvgIpc) is 2.52. The van der Waals surface area contributed by atoms with E-state index in [-0.39, 0.29) is 12.5 Å². The summed E-state index contributed by atoms with van der Waals surface area (Å²) in [5.74, 6) is -0.332. The topological polar surface area (TPSA) is 75.1 Å². The summed E-state index contributed by atoms with van der Waals surface area (Å²) in [6, 6.07) is 4.81. The SMILES string of the molecule is CCc1ncncc1C(=O)NCC(O)c1ccc(Cl)cc1Cl. The number of nitrogens with zero attached hydrogens (tertiary/aromatic N) is 2. The molecule has 1 heterocycles. The molecule has 0 aliphatic heterocycles. The van der Waals surface area contributed by atoms with Gasteiger partial charge in [-0.25, -0.2) is 9.97 Å². The first-order chi connectivity index (χ1) is 10.5. The highest BCUT2D eigenvalue weighted by Crippen LogP contribution is 2.25. The number of nitrogens with one attached hydrogen (secondary N) is 1. The standard InChI is InChI=1S/C15H15Cl2N3O2/c1-2-13-11(6-18-8-20-13)15(22)19-7-14(21)10-4-3-9(16)5-12(10)17/h3-6,8,14,21H,2,7H2,1H3,(H,19,22). The number of hydrogen-bond donors (Lipinski definition) is 2. The Hall–Kier alpha value is -1.69. The second-order valence-corrected chi connectivity index (χ2v) is 5.47. The lowest BCUT2D eigenvalue weighted by atomic mass is 10.1. The lowest BCUT2D eigenvalue weighted by molar-refractivity contribution is 0.0914. The molecule has 1 aromatic heterocycles. The van der Waals surface area contributed by atoms with Crippen molar-refractivity contribution in [3.8, 4) is 0 Å². The van der Waals surface area contributed by atoms with E-state index >= 15 is 0 Å². The number of carbonyl (C=O) groups is 1. The van der Waals surface area contributed by atoms with E-state index in [0.29, 0.717) is 33.3 Å². The van der Waals surface area contributed by atoms with Crippen molar-refractivity contribution in [2.75, 3.05) is 6.54 Å². The van der Waals surface area contributed by atoms with Crippen LogP contribution in [0.15, 0.2) is 30.7 Å². The van der Waals surface area contributed by atoms with Crippen LogP contribution in [0.25, 0.3) is 0 Å².